The van der Waals surface area contributed by atoms with Gasteiger partial charge in [-0.1, -0.05) is 27.7 Å². The Morgan fingerprint density at radius 1 is 1.07 bits per heavy atom. The van der Waals surface area contributed by atoms with Crippen LogP contribution < -0.4 is 0 Å². The number of H-pyrrole nitrogens is 1. The van der Waals surface area contributed by atoms with Gasteiger partial charge in [0.2, 0.25) is 0 Å². The first-order valence-corrected chi connectivity index (χ1v) is 6.54. The highest BCUT2D eigenvalue weighted by molar-refractivity contribution is 5.39. The highest BCUT2D eigenvalue weighted by atomic mass is 14.8. The average molecular weight is 207 g/mol. The van der Waals surface area contributed by atoms with Crippen molar-refractivity contribution in [2.45, 2.75) is 65.7 Å². The maximum absolute atomic E-state index is 3.49. The summed E-state index contributed by atoms with van der Waals surface area (Å²) < 4.78 is 0. The third-order valence-electron chi connectivity index (χ3n) is 3.30. The van der Waals surface area contributed by atoms with E-state index in [1.807, 2.05) is 27.7 Å². The number of aryl methyl sites for hydroxylation is 1. The van der Waals surface area contributed by atoms with E-state index in [1.54, 1.807) is 11.3 Å². The van der Waals surface area contributed by atoms with Gasteiger partial charge in [-0.15, -0.1) is 0 Å². The second-order valence-electron chi connectivity index (χ2n) is 4.03. The van der Waals surface area contributed by atoms with Gasteiger partial charge in [-0.25, -0.2) is 0 Å². The second-order valence-corrected chi connectivity index (χ2v) is 4.03. The maximum Gasteiger partial charge on any atom is 0.0216 e. The van der Waals surface area contributed by atoms with Crippen LogP contribution in [0.25, 0.3) is 0 Å². The van der Waals surface area contributed by atoms with Crippen LogP contribution in [0.4, 0.5) is 0 Å². The van der Waals surface area contributed by atoms with Crippen molar-refractivity contribution in [1.82, 2.24) is 4.98 Å². The summed E-state index contributed by atoms with van der Waals surface area (Å²) >= 11 is 0. The molecule has 0 aromatic carbocycles. The monoisotopic (exact) mass is 207 g/mol. The Morgan fingerprint density at radius 3 is 2.27 bits per heavy atom. The summed E-state index contributed by atoms with van der Waals surface area (Å²) in [5.41, 5.74) is 4.56. The van der Waals surface area contributed by atoms with Crippen molar-refractivity contribution in [3.05, 3.63) is 23.0 Å². The SMILES string of the molecule is CC.CC.Cc1cc2c([nH]1)C1CCC2C1. The van der Waals surface area contributed by atoms with Crippen molar-refractivity contribution in [2.24, 2.45) is 0 Å². The van der Waals surface area contributed by atoms with Gasteiger partial charge in [-0.2, -0.15) is 0 Å². The average Bonchev–Trinajstić information content (AvgIpc) is 2.94. The zero-order valence-electron chi connectivity index (χ0n) is 10.9. The predicted octanol–water partition coefficient (Wildman–Crippen LogP) is 4.74. The minimum Gasteiger partial charge on any atom is -0.362 e. The van der Waals surface area contributed by atoms with Crippen LogP contribution in [0.5, 0.6) is 0 Å². The summed E-state index contributed by atoms with van der Waals surface area (Å²) in [6, 6.07) is 2.35. The van der Waals surface area contributed by atoms with Crippen LogP contribution in [0.2, 0.25) is 0 Å². The van der Waals surface area contributed by atoms with Gasteiger partial charge in [0.05, 0.1) is 0 Å². The molecule has 0 radical (unpaired) electrons. The van der Waals surface area contributed by atoms with Crippen LogP contribution in [0, 0.1) is 6.92 Å². The topological polar surface area (TPSA) is 15.8 Å². The molecular weight excluding hydrogens is 182 g/mol. The Labute approximate surface area is 94.3 Å². The van der Waals surface area contributed by atoms with E-state index < -0.39 is 0 Å². The van der Waals surface area contributed by atoms with Gasteiger partial charge in [0.1, 0.15) is 0 Å². The molecule has 86 valence electrons. The highest BCUT2D eigenvalue weighted by Gasteiger charge is 2.37. The van der Waals surface area contributed by atoms with Crippen molar-refractivity contribution in [3.63, 3.8) is 0 Å². The Hall–Kier alpha value is -0.720. The molecule has 2 bridgehead atoms. The Kier molecular flexibility index (Phi) is 4.44. The summed E-state index contributed by atoms with van der Waals surface area (Å²) in [6.45, 7) is 10.2. The quantitative estimate of drug-likeness (QED) is 0.632. The standard InChI is InChI=1S/C10H13N.2C2H6/c1-6-4-9-7-2-3-8(5-7)10(9)11-6;2*1-2/h4,7-8,11H,2-3,5H2,1H3;2*1-2H3. The van der Waals surface area contributed by atoms with E-state index in [0.717, 1.165) is 11.8 Å². The molecule has 1 heterocycles. The Balaban J connectivity index is 0.000000255. The number of fused-ring (bicyclic) bond motifs is 5. The van der Waals surface area contributed by atoms with Crippen molar-refractivity contribution in [3.8, 4) is 0 Å². The number of hydrogen-bond acceptors (Lipinski definition) is 0. The smallest absolute Gasteiger partial charge is 0.0216 e. The molecule has 1 aromatic rings. The van der Waals surface area contributed by atoms with E-state index in [1.165, 1.54) is 25.0 Å². The van der Waals surface area contributed by atoms with Gasteiger partial charge in [0.15, 0.2) is 0 Å². The van der Waals surface area contributed by atoms with Gasteiger partial charge >= 0.3 is 0 Å². The molecule has 1 aromatic heterocycles. The van der Waals surface area contributed by atoms with E-state index in [9.17, 15) is 0 Å². The first kappa shape index (κ1) is 12.4. The number of nitrogens with one attached hydrogen (secondary N) is 1. The van der Waals surface area contributed by atoms with Crippen LogP contribution in [-0.4, -0.2) is 4.98 Å². The van der Waals surface area contributed by atoms with Crippen molar-refractivity contribution < 1.29 is 0 Å². The van der Waals surface area contributed by atoms with Gasteiger partial charge in [-0.3, -0.25) is 0 Å². The molecular formula is C14H25N. The third kappa shape index (κ3) is 2.11. The lowest BCUT2D eigenvalue weighted by Gasteiger charge is -2.08. The van der Waals surface area contributed by atoms with Gasteiger partial charge < -0.3 is 4.98 Å². The Morgan fingerprint density at radius 2 is 1.67 bits per heavy atom. The molecule has 0 saturated heterocycles. The molecule has 0 amide bonds. The van der Waals surface area contributed by atoms with E-state index in [2.05, 4.69) is 18.0 Å². The molecule has 2 unspecified atom stereocenters. The van der Waals surface area contributed by atoms with Crippen LogP contribution in [-0.2, 0) is 0 Å². The summed E-state index contributed by atoms with van der Waals surface area (Å²) in [5.74, 6) is 1.81. The van der Waals surface area contributed by atoms with E-state index in [-0.39, 0.29) is 0 Å². The zero-order chi connectivity index (χ0) is 11.4. The van der Waals surface area contributed by atoms with Crippen LogP contribution in [0.15, 0.2) is 6.07 Å². The number of hydrogen-bond donors (Lipinski definition) is 1. The fourth-order valence-electron chi connectivity index (χ4n) is 2.83. The second kappa shape index (κ2) is 5.39. The first-order chi connectivity index (χ1) is 7.34. The molecule has 15 heavy (non-hydrogen) atoms. The number of aromatic nitrogens is 1. The Bertz CT molecular complexity index is 271. The molecule has 1 heteroatoms. The zero-order valence-corrected chi connectivity index (χ0v) is 10.9. The van der Waals surface area contributed by atoms with Crippen molar-refractivity contribution in [2.75, 3.05) is 0 Å². The fourth-order valence-corrected chi connectivity index (χ4v) is 2.83. The lowest BCUT2D eigenvalue weighted by molar-refractivity contribution is 0.705. The van der Waals surface area contributed by atoms with E-state index >= 15 is 0 Å². The van der Waals surface area contributed by atoms with Gasteiger partial charge in [-0.05, 0) is 49.7 Å². The third-order valence-corrected chi connectivity index (χ3v) is 3.30. The van der Waals surface area contributed by atoms with Crippen molar-refractivity contribution >= 4 is 0 Å². The summed E-state index contributed by atoms with van der Waals surface area (Å²) in [4.78, 5) is 3.49. The lowest BCUT2D eigenvalue weighted by Crippen LogP contribution is -1.94. The molecule has 2 atom stereocenters. The van der Waals surface area contributed by atoms with Crippen LogP contribution >= 0.6 is 0 Å². The molecule has 0 spiro atoms. The van der Waals surface area contributed by atoms with Crippen molar-refractivity contribution in [1.29, 1.82) is 0 Å². The maximum atomic E-state index is 3.49. The molecule has 1 fully saturated rings. The molecule has 2 aliphatic carbocycles. The summed E-state index contributed by atoms with van der Waals surface area (Å²) in [5, 5.41) is 0. The molecule has 1 nitrogen and oxygen atoms in total. The molecule has 3 rings (SSSR count). The minimum absolute atomic E-state index is 0.892. The predicted molar refractivity (Wildman–Crippen MR) is 67.6 cm³/mol. The lowest BCUT2D eigenvalue weighted by atomic mass is 9.98. The van der Waals surface area contributed by atoms with Gasteiger partial charge in [0, 0.05) is 11.4 Å². The molecule has 0 aliphatic heterocycles. The molecule has 1 N–H and O–H groups in total. The van der Waals surface area contributed by atoms with Crippen LogP contribution in [0.1, 0.15) is 75.7 Å². The fraction of sp³-hybridized carbons (Fsp3) is 0.714. The number of rotatable bonds is 0. The van der Waals surface area contributed by atoms with E-state index in [0.29, 0.717) is 0 Å². The normalized spacial score (nSPS) is 24.9. The van der Waals surface area contributed by atoms with E-state index in [4.69, 9.17) is 0 Å². The summed E-state index contributed by atoms with van der Waals surface area (Å²) in [6.07, 6.45) is 4.30. The first-order valence-electron chi connectivity index (χ1n) is 6.54. The molecule has 1 saturated carbocycles. The molecule has 2 aliphatic rings. The summed E-state index contributed by atoms with van der Waals surface area (Å²) in [7, 11) is 0. The van der Waals surface area contributed by atoms with Gasteiger partial charge in [0.25, 0.3) is 0 Å². The largest absolute Gasteiger partial charge is 0.362 e. The number of aromatic amines is 1. The minimum atomic E-state index is 0.892. The van der Waals surface area contributed by atoms with Crippen LogP contribution in [0.3, 0.4) is 0 Å². The highest BCUT2D eigenvalue weighted by Crippen LogP contribution is 2.52.